The zero-order valence-corrected chi connectivity index (χ0v) is 15.6. The van der Waals surface area contributed by atoms with Crippen LogP contribution in [0.25, 0.3) is 0 Å². The summed E-state index contributed by atoms with van der Waals surface area (Å²) in [6.45, 7) is 2.76. The predicted molar refractivity (Wildman–Crippen MR) is 97.8 cm³/mol. The highest BCUT2D eigenvalue weighted by Gasteiger charge is 2.31. The maximum absolute atomic E-state index is 12.7. The molecule has 1 aromatic carbocycles. The Balaban J connectivity index is 1.28. The van der Waals surface area contributed by atoms with Gasteiger partial charge in [0.2, 0.25) is 5.89 Å². The van der Waals surface area contributed by atoms with Gasteiger partial charge < -0.3 is 18.9 Å². The SMILES string of the molecule is COc1ccc(C(=O)N2CCC(c3nc(CCOCC4CC4)no3)C2)cc1. The molecule has 0 N–H and O–H groups in total. The van der Waals surface area contributed by atoms with Crippen LogP contribution >= 0.6 is 0 Å². The van der Waals surface area contributed by atoms with Crippen LogP contribution in [0.2, 0.25) is 0 Å². The molecule has 4 rings (SSSR count). The summed E-state index contributed by atoms with van der Waals surface area (Å²) in [6, 6.07) is 7.19. The number of hydrogen-bond donors (Lipinski definition) is 0. The van der Waals surface area contributed by atoms with Crippen molar-refractivity contribution in [1.29, 1.82) is 0 Å². The number of amides is 1. The molecule has 0 spiro atoms. The Morgan fingerprint density at radius 2 is 2.07 bits per heavy atom. The number of hydrogen-bond acceptors (Lipinski definition) is 6. The van der Waals surface area contributed by atoms with E-state index in [2.05, 4.69) is 10.1 Å². The summed E-state index contributed by atoms with van der Waals surface area (Å²) in [6.07, 6.45) is 4.08. The van der Waals surface area contributed by atoms with Crippen LogP contribution < -0.4 is 4.74 Å². The molecule has 1 amide bonds. The molecule has 7 heteroatoms. The van der Waals surface area contributed by atoms with E-state index in [1.807, 2.05) is 4.90 Å². The van der Waals surface area contributed by atoms with Crippen LogP contribution in [0.3, 0.4) is 0 Å². The molecular formula is C20H25N3O4. The van der Waals surface area contributed by atoms with Crippen LogP contribution in [-0.2, 0) is 11.2 Å². The maximum atomic E-state index is 12.7. The highest BCUT2D eigenvalue weighted by molar-refractivity contribution is 5.94. The summed E-state index contributed by atoms with van der Waals surface area (Å²) < 4.78 is 16.2. The summed E-state index contributed by atoms with van der Waals surface area (Å²) >= 11 is 0. The van der Waals surface area contributed by atoms with E-state index in [0.717, 1.165) is 24.7 Å². The molecule has 144 valence electrons. The lowest BCUT2D eigenvalue weighted by Crippen LogP contribution is -2.28. The van der Waals surface area contributed by atoms with E-state index in [-0.39, 0.29) is 11.8 Å². The highest BCUT2D eigenvalue weighted by atomic mass is 16.5. The molecule has 1 unspecified atom stereocenters. The quantitative estimate of drug-likeness (QED) is 0.664. The smallest absolute Gasteiger partial charge is 0.253 e. The van der Waals surface area contributed by atoms with E-state index in [1.54, 1.807) is 31.4 Å². The molecule has 1 atom stereocenters. The second kappa shape index (κ2) is 8.08. The largest absolute Gasteiger partial charge is 0.497 e. The molecule has 1 aromatic heterocycles. The summed E-state index contributed by atoms with van der Waals surface area (Å²) in [5, 5.41) is 4.06. The Labute approximate surface area is 158 Å². The second-order valence-electron chi connectivity index (χ2n) is 7.28. The van der Waals surface area contributed by atoms with Gasteiger partial charge in [-0.25, -0.2) is 0 Å². The molecular weight excluding hydrogens is 346 g/mol. The number of nitrogens with zero attached hydrogens (tertiary/aromatic N) is 3. The monoisotopic (exact) mass is 371 g/mol. The molecule has 1 aliphatic carbocycles. The Morgan fingerprint density at radius 3 is 2.81 bits per heavy atom. The molecule has 0 bridgehead atoms. The number of likely N-dealkylation sites (tertiary alicyclic amines) is 1. The fourth-order valence-electron chi connectivity index (χ4n) is 3.30. The third-order valence-corrected chi connectivity index (χ3v) is 5.17. The van der Waals surface area contributed by atoms with Crippen LogP contribution in [0.5, 0.6) is 5.75 Å². The van der Waals surface area contributed by atoms with Crippen LogP contribution in [0.1, 0.15) is 47.3 Å². The topological polar surface area (TPSA) is 77.7 Å². The van der Waals surface area contributed by atoms with Crippen LogP contribution in [0.15, 0.2) is 28.8 Å². The maximum Gasteiger partial charge on any atom is 0.253 e. The first kappa shape index (κ1) is 18.0. The van der Waals surface area contributed by atoms with Gasteiger partial charge in [-0.3, -0.25) is 4.79 Å². The fraction of sp³-hybridized carbons (Fsp3) is 0.550. The Hall–Kier alpha value is -2.41. The first-order chi connectivity index (χ1) is 13.2. The van der Waals surface area contributed by atoms with E-state index in [4.69, 9.17) is 14.0 Å². The number of methoxy groups -OCH3 is 1. The van der Waals surface area contributed by atoms with E-state index < -0.39 is 0 Å². The van der Waals surface area contributed by atoms with Crippen molar-refractivity contribution in [2.24, 2.45) is 5.92 Å². The number of carbonyl (C=O) groups is 1. The molecule has 1 saturated heterocycles. The minimum Gasteiger partial charge on any atom is -0.497 e. The third kappa shape index (κ3) is 4.47. The van der Waals surface area contributed by atoms with Crippen LogP contribution in [0.4, 0.5) is 0 Å². The first-order valence-electron chi connectivity index (χ1n) is 9.56. The molecule has 27 heavy (non-hydrogen) atoms. The number of benzene rings is 1. The van der Waals surface area contributed by atoms with E-state index in [1.165, 1.54) is 12.8 Å². The van der Waals surface area contributed by atoms with Crippen molar-refractivity contribution >= 4 is 5.91 Å². The fourth-order valence-corrected chi connectivity index (χ4v) is 3.30. The molecule has 1 aliphatic heterocycles. The first-order valence-corrected chi connectivity index (χ1v) is 9.56. The van der Waals surface area contributed by atoms with E-state index >= 15 is 0 Å². The summed E-state index contributed by atoms with van der Waals surface area (Å²) in [5.74, 6) is 2.93. The van der Waals surface area contributed by atoms with E-state index in [9.17, 15) is 4.79 Å². The van der Waals surface area contributed by atoms with Gasteiger partial charge in [0.25, 0.3) is 5.91 Å². The van der Waals surface area contributed by atoms with Crippen molar-refractivity contribution in [2.75, 3.05) is 33.4 Å². The zero-order chi connectivity index (χ0) is 18.6. The highest BCUT2D eigenvalue weighted by Crippen LogP contribution is 2.29. The number of carbonyl (C=O) groups excluding carboxylic acids is 1. The molecule has 0 radical (unpaired) electrons. The van der Waals surface area contributed by atoms with Crippen LogP contribution in [0, 0.1) is 5.92 Å². The predicted octanol–water partition coefficient (Wildman–Crippen LogP) is 2.68. The Kier molecular flexibility index (Phi) is 5.38. The van der Waals surface area contributed by atoms with Crippen molar-refractivity contribution in [3.8, 4) is 5.75 Å². The van der Waals surface area contributed by atoms with Gasteiger partial charge in [0.15, 0.2) is 5.82 Å². The van der Waals surface area contributed by atoms with Gasteiger partial charge in [-0.15, -0.1) is 0 Å². The molecule has 2 heterocycles. The molecule has 2 aliphatic rings. The normalized spacial score (nSPS) is 19.4. The third-order valence-electron chi connectivity index (χ3n) is 5.17. The number of aromatic nitrogens is 2. The lowest BCUT2D eigenvalue weighted by Gasteiger charge is -2.16. The minimum atomic E-state index is 0.0216. The lowest BCUT2D eigenvalue weighted by molar-refractivity contribution is 0.0789. The van der Waals surface area contributed by atoms with Crippen LogP contribution in [-0.4, -0.2) is 54.4 Å². The average Bonchev–Trinajstić information content (AvgIpc) is 3.19. The van der Waals surface area contributed by atoms with Crippen molar-refractivity contribution < 1.29 is 18.8 Å². The zero-order valence-electron chi connectivity index (χ0n) is 15.6. The minimum absolute atomic E-state index is 0.0216. The van der Waals surface area contributed by atoms with Gasteiger partial charge in [-0.1, -0.05) is 5.16 Å². The second-order valence-corrected chi connectivity index (χ2v) is 7.28. The standard InChI is InChI=1S/C20H25N3O4/c1-25-17-6-4-15(5-7-17)20(24)23-10-8-16(12-23)19-21-18(22-27-19)9-11-26-13-14-2-3-14/h4-7,14,16H,2-3,8-13H2,1H3. The molecule has 2 aromatic rings. The number of rotatable bonds is 8. The molecule has 1 saturated carbocycles. The van der Waals surface area contributed by atoms with Gasteiger partial charge in [0, 0.05) is 31.7 Å². The van der Waals surface area contributed by atoms with Crippen molar-refractivity contribution in [1.82, 2.24) is 15.0 Å². The summed E-state index contributed by atoms with van der Waals surface area (Å²) in [4.78, 5) is 19.0. The Bertz CT molecular complexity index is 770. The van der Waals surface area contributed by atoms with Gasteiger partial charge in [-0.2, -0.15) is 4.98 Å². The van der Waals surface area contributed by atoms with Gasteiger partial charge in [0.05, 0.1) is 19.6 Å². The Morgan fingerprint density at radius 1 is 1.26 bits per heavy atom. The molecule has 7 nitrogen and oxygen atoms in total. The van der Waals surface area contributed by atoms with Crippen molar-refractivity contribution in [2.45, 2.75) is 31.6 Å². The van der Waals surface area contributed by atoms with E-state index in [0.29, 0.717) is 43.4 Å². The summed E-state index contributed by atoms with van der Waals surface area (Å²) in [5.41, 5.74) is 0.662. The van der Waals surface area contributed by atoms with Crippen molar-refractivity contribution in [3.63, 3.8) is 0 Å². The van der Waals surface area contributed by atoms with Crippen molar-refractivity contribution in [3.05, 3.63) is 41.5 Å². The van der Waals surface area contributed by atoms with Gasteiger partial charge in [0.1, 0.15) is 5.75 Å². The lowest BCUT2D eigenvalue weighted by atomic mass is 10.1. The van der Waals surface area contributed by atoms with Gasteiger partial charge in [-0.05, 0) is 49.4 Å². The summed E-state index contributed by atoms with van der Waals surface area (Å²) in [7, 11) is 1.61. The average molecular weight is 371 g/mol. The van der Waals surface area contributed by atoms with Gasteiger partial charge >= 0.3 is 0 Å². The number of ether oxygens (including phenoxy) is 2. The molecule has 2 fully saturated rings.